The number of amides is 1. The van der Waals surface area contributed by atoms with Crippen molar-refractivity contribution >= 4 is 11.7 Å². The molecule has 1 aliphatic rings. The summed E-state index contributed by atoms with van der Waals surface area (Å²) in [5.74, 6) is 0.776. The molecule has 4 heteroatoms. The van der Waals surface area contributed by atoms with Gasteiger partial charge in [0.15, 0.2) is 5.78 Å². The molecule has 1 fully saturated rings. The predicted octanol–water partition coefficient (Wildman–Crippen LogP) is 1.89. The number of likely N-dealkylation sites (tertiary alicyclic amines) is 1. The maximum Gasteiger partial charge on any atom is 0.222 e. The van der Waals surface area contributed by atoms with Gasteiger partial charge in [-0.2, -0.15) is 0 Å². The molecule has 1 saturated heterocycles. The van der Waals surface area contributed by atoms with E-state index in [1.165, 1.54) is 6.92 Å². The fraction of sp³-hybridized carbons (Fsp3) is 0.429. The topological polar surface area (TPSA) is 46.6 Å². The number of carbonyl (C=O) groups excluding carboxylic acids is 2. The van der Waals surface area contributed by atoms with E-state index in [1.807, 2.05) is 12.1 Å². The van der Waals surface area contributed by atoms with Crippen LogP contribution in [0.25, 0.3) is 0 Å². The number of para-hydroxylation sites is 1. The van der Waals surface area contributed by atoms with Crippen LogP contribution in [0.2, 0.25) is 0 Å². The van der Waals surface area contributed by atoms with E-state index in [2.05, 4.69) is 0 Å². The molecule has 0 radical (unpaired) electrons. The number of hydrogen-bond donors (Lipinski definition) is 0. The maximum atomic E-state index is 11.4. The lowest BCUT2D eigenvalue weighted by molar-refractivity contribution is -0.128. The highest BCUT2D eigenvalue weighted by Crippen LogP contribution is 2.18. The second-order valence-corrected chi connectivity index (χ2v) is 4.39. The van der Waals surface area contributed by atoms with E-state index < -0.39 is 0 Å². The quantitative estimate of drug-likeness (QED) is 0.746. The van der Waals surface area contributed by atoms with Crippen molar-refractivity contribution in [3.8, 4) is 5.75 Å². The average Bonchev–Trinajstić information content (AvgIpc) is 2.76. The van der Waals surface area contributed by atoms with Gasteiger partial charge < -0.3 is 9.64 Å². The molecule has 2 rings (SSSR count). The van der Waals surface area contributed by atoms with E-state index in [1.54, 1.807) is 17.0 Å². The molecule has 0 N–H and O–H groups in total. The van der Waals surface area contributed by atoms with Crippen molar-refractivity contribution in [2.24, 2.45) is 0 Å². The summed E-state index contributed by atoms with van der Waals surface area (Å²) in [7, 11) is 0. The standard InChI is InChI=1S/C14H17NO3/c1-11(16)12-5-2-3-6-13(12)18-10-9-15-8-4-7-14(15)17/h2-3,5-6H,4,7-10H2,1H3. The Bertz CT molecular complexity index is 456. The molecule has 1 heterocycles. The van der Waals surface area contributed by atoms with Gasteiger partial charge in [-0.1, -0.05) is 12.1 Å². The Labute approximate surface area is 107 Å². The van der Waals surface area contributed by atoms with Crippen LogP contribution in [0.1, 0.15) is 30.1 Å². The minimum absolute atomic E-state index is 0.0113. The van der Waals surface area contributed by atoms with Gasteiger partial charge in [-0.05, 0) is 25.5 Å². The zero-order valence-electron chi connectivity index (χ0n) is 10.5. The number of carbonyl (C=O) groups is 2. The molecule has 4 nitrogen and oxygen atoms in total. The van der Waals surface area contributed by atoms with Crippen molar-refractivity contribution in [2.45, 2.75) is 19.8 Å². The number of rotatable bonds is 5. The minimum Gasteiger partial charge on any atom is -0.491 e. The Morgan fingerprint density at radius 3 is 2.83 bits per heavy atom. The monoisotopic (exact) mass is 247 g/mol. The SMILES string of the molecule is CC(=O)c1ccccc1OCCN1CCCC1=O. The Morgan fingerprint density at radius 1 is 1.39 bits per heavy atom. The number of benzene rings is 1. The second-order valence-electron chi connectivity index (χ2n) is 4.39. The minimum atomic E-state index is -0.0113. The highest BCUT2D eigenvalue weighted by molar-refractivity contribution is 5.96. The first-order chi connectivity index (χ1) is 8.68. The van der Waals surface area contributed by atoms with Crippen molar-refractivity contribution in [1.29, 1.82) is 0 Å². The lowest BCUT2D eigenvalue weighted by atomic mass is 10.1. The van der Waals surface area contributed by atoms with Crippen molar-refractivity contribution < 1.29 is 14.3 Å². The summed E-state index contributed by atoms with van der Waals surface area (Å²) >= 11 is 0. The van der Waals surface area contributed by atoms with E-state index in [4.69, 9.17) is 4.74 Å². The van der Waals surface area contributed by atoms with Crippen LogP contribution in [0.5, 0.6) is 5.75 Å². The Morgan fingerprint density at radius 2 is 2.17 bits per heavy atom. The van der Waals surface area contributed by atoms with Crippen LogP contribution in [0.4, 0.5) is 0 Å². The highest BCUT2D eigenvalue weighted by Gasteiger charge is 2.19. The van der Waals surface area contributed by atoms with Gasteiger partial charge >= 0.3 is 0 Å². The van der Waals surface area contributed by atoms with Crippen LogP contribution in [0.3, 0.4) is 0 Å². The second kappa shape index (κ2) is 5.67. The summed E-state index contributed by atoms with van der Waals surface area (Å²) in [6.45, 7) is 3.35. The molecule has 0 saturated carbocycles. The average molecular weight is 247 g/mol. The van der Waals surface area contributed by atoms with Crippen molar-refractivity contribution in [3.63, 3.8) is 0 Å². The van der Waals surface area contributed by atoms with Crippen LogP contribution >= 0.6 is 0 Å². The first-order valence-electron chi connectivity index (χ1n) is 6.19. The number of ketones is 1. The predicted molar refractivity (Wildman–Crippen MR) is 67.8 cm³/mol. The van der Waals surface area contributed by atoms with Gasteiger partial charge in [0.25, 0.3) is 0 Å². The zero-order chi connectivity index (χ0) is 13.0. The third kappa shape index (κ3) is 2.88. The fourth-order valence-electron chi connectivity index (χ4n) is 2.09. The molecule has 0 atom stereocenters. The summed E-state index contributed by atoms with van der Waals surface area (Å²) in [6, 6.07) is 7.18. The van der Waals surface area contributed by atoms with Gasteiger partial charge in [-0.15, -0.1) is 0 Å². The van der Waals surface area contributed by atoms with Crippen molar-refractivity contribution in [3.05, 3.63) is 29.8 Å². The molecule has 0 bridgehead atoms. The van der Waals surface area contributed by atoms with Gasteiger partial charge in [-0.3, -0.25) is 9.59 Å². The summed E-state index contributed by atoms with van der Waals surface area (Å²) in [5.41, 5.74) is 0.588. The highest BCUT2D eigenvalue weighted by atomic mass is 16.5. The summed E-state index contributed by atoms with van der Waals surface area (Å²) in [5, 5.41) is 0. The molecule has 0 aromatic heterocycles. The van der Waals surface area contributed by atoms with E-state index in [9.17, 15) is 9.59 Å². The molecule has 0 aliphatic carbocycles. The number of nitrogens with zero attached hydrogens (tertiary/aromatic N) is 1. The molecule has 1 aromatic rings. The van der Waals surface area contributed by atoms with Gasteiger partial charge in [0.2, 0.25) is 5.91 Å². The zero-order valence-corrected chi connectivity index (χ0v) is 10.5. The Kier molecular flexibility index (Phi) is 3.97. The van der Waals surface area contributed by atoms with E-state index >= 15 is 0 Å². The smallest absolute Gasteiger partial charge is 0.222 e. The molecule has 1 aromatic carbocycles. The first kappa shape index (κ1) is 12.6. The largest absolute Gasteiger partial charge is 0.491 e. The van der Waals surface area contributed by atoms with E-state index in [-0.39, 0.29) is 11.7 Å². The van der Waals surface area contributed by atoms with Gasteiger partial charge in [-0.25, -0.2) is 0 Å². The van der Waals surface area contributed by atoms with Crippen LogP contribution in [-0.4, -0.2) is 36.3 Å². The molecular formula is C14H17NO3. The Balaban J connectivity index is 1.90. The van der Waals surface area contributed by atoms with E-state index in [0.29, 0.717) is 30.9 Å². The van der Waals surface area contributed by atoms with Gasteiger partial charge in [0.05, 0.1) is 12.1 Å². The van der Waals surface area contributed by atoms with Gasteiger partial charge in [0, 0.05) is 13.0 Å². The fourth-order valence-corrected chi connectivity index (χ4v) is 2.09. The number of Topliss-reactive ketones (excluding diaryl/α,β-unsaturated/α-hetero) is 1. The summed E-state index contributed by atoms with van der Waals surface area (Å²) < 4.78 is 5.59. The van der Waals surface area contributed by atoms with Crippen LogP contribution in [-0.2, 0) is 4.79 Å². The van der Waals surface area contributed by atoms with Crippen LogP contribution in [0, 0.1) is 0 Å². The normalized spacial score (nSPS) is 14.9. The summed E-state index contributed by atoms with van der Waals surface area (Å²) in [6.07, 6.45) is 1.58. The lowest BCUT2D eigenvalue weighted by Gasteiger charge is -2.16. The van der Waals surface area contributed by atoms with Crippen molar-refractivity contribution in [1.82, 2.24) is 4.90 Å². The Hall–Kier alpha value is -1.84. The van der Waals surface area contributed by atoms with Crippen molar-refractivity contribution in [2.75, 3.05) is 19.7 Å². The first-order valence-corrected chi connectivity index (χ1v) is 6.19. The van der Waals surface area contributed by atoms with E-state index in [0.717, 1.165) is 13.0 Å². The molecule has 96 valence electrons. The maximum absolute atomic E-state index is 11.4. The molecular weight excluding hydrogens is 230 g/mol. The van der Waals surface area contributed by atoms with Crippen LogP contribution < -0.4 is 4.74 Å². The van der Waals surface area contributed by atoms with Crippen LogP contribution in [0.15, 0.2) is 24.3 Å². The number of ether oxygens (including phenoxy) is 1. The molecule has 1 aliphatic heterocycles. The third-order valence-electron chi connectivity index (χ3n) is 3.06. The molecule has 1 amide bonds. The molecule has 0 spiro atoms. The number of hydrogen-bond acceptors (Lipinski definition) is 3. The third-order valence-corrected chi connectivity index (χ3v) is 3.06. The molecule has 18 heavy (non-hydrogen) atoms. The summed E-state index contributed by atoms with van der Waals surface area (Å²) in [4.78, 5) is 24.6. The molecule has 0 unspecified atom stereocenters. The lowest BCUT2D eigenvalue weighted by Crippen LogP contribution is -2.29. The van der Waals surface area contributed by atoms with Gasteiger partial charge in [0.1, 0.15) is 12.4 Å².